The Morgan fingerprint density at radius 1 is 1.58 bits per heavy atom. The maximum Gasteiger partial charge on any atom is 0.125 e. The molecule has 0 heterocycles. The second-order valence-corrected chi connectivity index (χ2v) is 2.57. The molecule has 0 atom stereocenters. The number of nitrogens with two attached hydrogens (primary N) is 1. The molecular weight excluding hydrogens is 176 g/mol. The average Bonchev–Trinajstić information content (AvgIpc) is 2.16. The van der Waals surface area contributed by atoms with Crippen LogP contribution in [0.3, 0.4) is 0 Å². The first-order valence-corrected chi connectivity index (χ1v) is 4.04. The molecule has 12 heavy (non-hydrogen) atoms. The van der Waals surface area contributed by atoms with Crippen LogP contribution in [0.25, 0.3) is 0 Å². The summed E-state index contributed by atoms with van der Waals surface area (Å²) in [5.74, 6) is 6.42. The number of anilines is 1. The van der Waals surface area contributed by atoms with Crippen molar-refractivity contribution < 1.29 is 4.74 Å². The third-order valence-electron chi connectivity index (χ3n) is 1.60. The van der Waals surface area contributed by atoms with Gasteiger partial charge >= 0.3 is 0 Å². The lowest BCUT2D eigenvalue weighted by Crippen LogP contribution is -2.06. The number of nitrogen functional groups attached to an aromatic ring is 1. The van der Waals surface area contributed by atoms with Crippen molar-refractivity contribution in [3.8, 4) is 5.75 Å². The number of alkyl halides is 1. The highest BCUT2D eigenvalue weighted by molar-refractivity contribution is 6.17. The Hall–Kier alpha value is -0.930. The quantitative estimate of drug-likeness (QED) is 0.429. The molecule has 3 N–H and O–H groups in total. The Kier molecular flexibility index (Phi) is 3.19. The molecule has 0 aromatic heterocycles. The molecule has 0 saturated heterocycles. The standard InChI is InChI=1S/C8H11ClN2O/c1-12-8-4-7(11-10)3-2-6(8)5-9/h2-4,11H,5,10H2,1H3. The molecule has 0 radical (unpaired) electrons. The van der Waals surface area contributed by atoms with Crippen molar-refractivity contribution in [1.29, 1.82) is 0 Å². The Bertz CT molecular complexity index is 265. The highest BCUT2D eigenvalue weighted by atomic mass is 35.5. The lowest BCUT2D eigenvalue weighted by Gasteiger charge is -2.07. The largest absolute Gasteiger partial charge is 0.496 e. The van der Waals surface area contributed by atoms with E-state index in [0.29, 0.717) is 5.88 Å². The van der Waals surface area contributed by atoms with E-state index in [4.69, 9.17) is 22.2 Å². The van der Waals surface area contributed by atoms with E-state index >= 15 is 0 Å². The maximum absolute atomic E-state index is 5.67. The van der Waals surface area contributed by atoms with E-state index in [0.717, 1.165) is 17.0 Å². The fraction of sp³-hybridized carbons (Fsp3) is 0.250. The number of ether oxygens (including phenoxy) is 1. The van der Waals surface area contributed by atoms with Crippen molar-refractivity contribution in [1.82, 2.24) is 0 Å². The van der Waals surface area contributed by atoms with Gasteiger partial charge in [0.05, 0.1) is 18.7 Å². The first kappa shape index (κ1) is 9.16. The Morgan fingerprint density at radius 3 is 2.83 bits per heavy atom. The molecule has 0 fully saturated rings. The molecule has 0 unspecified atom stereocenters. The van der Waals surface area contributed by atoms with Crippen LogP contribution in [0.1, 0.15) is 5.56 Å². The minimum absolute atomic E-state index is 0.439. The third-order valence-corrected chi connectivity index (χ3v) is 1.89. The monoisotopic (exact) mass is 186 g/mol. The van der Waals surface area contributed by atoms with E-state index < -0.39 is 0 Å². The fourth-order valence-corrected chi connectivity index (χ4v) is 1.17. The van der Waals surface area contributed by atoms with Crippen LogP contribution in [0, 0.1) is 0 Å². The van der Waals surface area contributed by atoms with Gasteiger partial charge in [0.25, 0.3) is 0 Å². The van der Waals surface area contributed by atoms with Gasteiger partial charge < -0.3 is 10.2 Å². The topological polar surface area (TPSA) is 47.3 Å². The van der Waals surface area contributed by atoms with Gasteiger partial charge in [-0.15, -0.1) is 11.6 Å². The first-order chi connectivity index (χ1) is 5.81. The van der Waals surface area contributed by atoms with Crippen LogP contribution >= 0.6 is 11.6 Å². The minimum Gasteiger partial charge on any atom is -0.496 e. The van der Waals surface area contributed by atoms with Crippen LogP contribution in [0.5, 0.6) is 5.75 Å². The van der Waals surface area contributed by atoms with Gasteiger partial charge in [-0.2, -0.15) is 0 Å². The number of hydrogen-bond acceptors (Lipinski definition) is 3. The molecule has 0 amide bonds. The molecule has 1 aromatic carbocycles. The van der Waals surface area contributed by atoms with Gasteiger partial charge in [-0.1, -0.05) is 6.07 Å². The van der Waals surface area contributed by atoms with Crippen molar-refractivity contribution in [3.63, 3.8) is 0 Å². The lowest BCUT2D eigenvalue weighted by molar-refractivity contribution is 0.411. The van der Waals surface area contributed by atoms with Crippen LogP contribution in [-0.4, -0.2) is 7.11 Å². The molecule has 0 aliphatic carbocycles. The SMILES string of the molecule is COc1cc(NN)ccc1CCl. The smallest absolute Gasteiger partial charge is 0.125 e. The lowest BCUT2D eigenvalue weighted by atomic mass is 10.2. The zero-order chi connectivity index (χ0) is 8.97. The second kappa shape index (κ2) is 4.18. The minimum atomic E-state index is 0.439. The predicted molar refractivity (Wildman–Crippen MR) is 50.4 cm³/mol. The molecule has 3 nitrogen and oxygen atoms in total. The van der Waals surface area contributed by atoms with E-state index in [1.165, 1.54) is 0 Å². The fourth-order valence-electron chi connectivity index (χ4n) is 0.945. The highest BCUT2D eigenvalue weighted by Crippen LogP contribution is 2.23. The van der Waals surface area contributed by atoms with E-state index in [1.54, 1.807) is 13.2 Å². The summed E-state index contributed by atoms with van der Waals surface area (Å²) in [7, 11) is 1.60. The predicted octanol–water partition coefficient (Wildman–Crippen LogP) is 1.72. The van der Waals surface area contributed by atoms with Crippen molar-refractivity contribution in [2.24, 2.45) is 5.84 Å². The zero-order valence-electron chi connectivity index (χ0n) is 6.80. The number of benzene rings is 1. The first-order valence-electron chi connectivity index (χ1n) is 3.51. The van der Waals surface area contributed by atoms with Crippen LogP contribution in [0.2, 0.25) is 0 Å². The molecule has 0 bridgehead atoms. The average molecular weight is 187 g/mol. The molecule has 0 aliphatic rings. The van der Waals surface area contributed by atoms with E-state index in [9.17, 15) is 0 Å². The van der Waals surface area contributed by atoms with Crippen molar-refractivity contribution in [3.05, 3.63) is 23.8 Å². The molecule has 0 saturated carbocycles. The van der Waals surface area contributed by atoms with Crippen LogP contribution in [0.4, 0.5) is 5.69 Å². The molecule has 1 rings (SSSR count). The van der Waals surface area contributed by atoms with Gasteiger partial charge in [0.2, 0.25) is 0 Å². The molecule has 4 heteroatoms. The second-order valence-electron chi connectivity index (χ2n) is 2.30. The van der Waals surface area contributed by atoms with Crippen LogP contribution < -0.4 is 16.0 Å². The normalized spacial score (nSPS) is 9.58. The molecule has 1 aromatic rings. The number of nitrogens with one attached hydrogen (secondary N) is 1. The summed E-state index contributed by atoms with van der Waals surface area (Å²) < 4.78 is 5.10. The zero-order valence-corrected chi connectivity index (χ0v) is 7.56. The number of halogens is 1. The van der Waals surface area contributed by atoms with E-state index in [-0.39, 0.29) is 0 Å². The number of methoxy groups -OCH3 is 1. The molecule has 0 spiro atoms. The van der Waals surface area contributed by atoms with Gasteiger partial charge in [0.1, 0.15) is 5.75 Å². The summed E-state index contributed by atoms with van der Waals surface area (Å²) >= 11 is 5.67. The van der Waals surface area contributed by atoms with Crippen molar-refractivity contribution in [2.45, 2.75) is 5.88 Å². The molecular formula is C8H11ClN2O. The van der Waals surface area contributed by atoms with Crippen molar-refractivity contribution >= 4 is 17.3 Å². The van der Waals surface area contributed by atoms with E-state index in [1.807, 2.05) is 12.1 Å². The van der Waals surface area contributed by atoms with Crippen LogP contribution in [0.15, 0.2) is 18.2 Å². The van der Waals surface area contributed by atoms with Crippen molar-refractivity contribution in [2.75, 3.05) is 12.5 Å². The molecule has 0 aliphatic heterocycles. The summed E-state index contributed by atoms with van der Waals surface area (Å²) in [6, 6.07) is 5.53. The number of rotatable bonds is 3. The Balaban J connectivity index is 3.02. The van der Waals surface area contributed by atoms with Crippen LogP contribution in [-0.2, 0) is 5.88 Å². The summed E-state index contributed by atoms with van der Waals surface area (Å²) in [6.45, 7) is 0. The van der Waals surface area contributed by atoms with Gasteiger partial charge in [0, 0.05) is 11.6 Å². The third kappa shape index (κ3) is 1.81. The number of hydrogen-bond donors (Lipinski definition) is 2. The highest BCUT2D eigenvalue weighted by Gasteiger charge is 2.01. The van der Waals surface area contributed by atoms with Gasteiger partial charge in [-0.3, -0.25) is 5.84 Å². The Morgan fingerprint density at radius 2 is 2.33 bits per heavy atom. The molecule has 66 valence electrons. The summed E-state index contributed by atoms with van der Waals surface area (Å²) in [5, 5.41) is 0. The van der Waals surface area contributed by atoms with Gasteiger partial charge in [0.15, 0.2) is 0 Å². The summed E-state index contributed by atoms with van der Waals surface area (Å²) in [5.41, 5.74) is 4.29. The van der Waals surface area contributed by atoms with Gasteiger partial charge in [-0.25, -0.2) is 0 Å². The van der Waals surface area contributed by atoms with Gasteiger partial charge in [-0.05, 0) is 6.07 Å². The Labute approximate surface area is 76.4 Å². The summed E-state index contributed by atoms with van der Waals surface area (Å²) in [4.78, 5) is 0. The van der Waals surface area contributed by atoms with E-state index in [2.05, 4.69) is 5.43 Å². The summed E-state index contributed by atoms with van der Waals surface area (Å²) in [6.07, 6.45) is 0. The maximum atomic E-state index is 5.67. The number of hydrazine groups is 1.